The minimum atomic E-state index is 0.0752. The molecule has 0 aliphatic rings. The highest BCUT2D eigenvalue weighted by Gasteiger charge is 2.06. The van der Waals surface area contributed by atoms with E-state index in [4.69, 9.17) is 0 Å². The zero-order chi connectivity index (χ0) is 22.4. The summed E-state index contributed by atoms with van der Waals surface area (Å²) < 4.78 is 0. The van der Waals surface area contributed by atoms with E-state index in [1.165, 1.54) is 77.0 Å². The number of carbonyl (C=O) groups excluding carboxylic acids is 2. The van der Waals surface area contributed by atoms with Crippen LogP contribution in [-0.4, -0.2) is 12.1 Å². The number of carbonyl (C=O) groups is 2. The first-order valence-electron chi connectivity index (χ1n) is 12.4. The zero-order valence-corrected chi connectivity index (χ0v) is 19.6. The van der Waals surface area contributed by atoms with Crippen molar-refractivity contribution in [2.24, 2.45) is 0 Å². The molecule has 0 radical (unpaired) electrons. The van der Waals surface area contributed by atoms with Gasteiger partial charge in [0.15, 0.2) is 5.78 Å². The molecule has 2 rings (SSSR count). The van der Waals surface area contributed by atoms with E-state index in [2.05, 4.69) is 6.92 Å². The SMILES string of the molecule is CCCCCCCCCCCCCCCC=O.O=C(c1ccccc1)c1ccccc1. The fraction of sp³-hybridized carbons (Fsp3) is 0.517. The minimum absolute atomic E-state index is 0.0752. The van der Waals surface area contributed by atoms with Gasteiger partial charge in [-0.3, -0.25) is 4.79 Å². The number of ketones is 1. The summed E-state index contributed by atoms with van der Waals surface area (Å²) in [6.45, 7) is 2.27. The van der Waals surface area contributed by atoms with Crippen LogP contribution in [0.5, 0.6) is 0 Å². The first-order chi connectivity index (χ1) is 15.3. The molecule has 0 heterocycles. The van der Waals surface area contributed by atoms with Crippen molar-refractivity contribution >= 4 is 12.1 Å². The van der Waals surface area contributed by atoms with Gasteiger partial charge < -0.3 is 4.79 Å². The summed E-state index contributed by atoms with van der Waals surface area (Å²) in [5.41, 5.74) is 1.47. The molecule has 2 nitrogen and oxygen atoms in total. The van der Waals surface area contributed by atoms with Crippen molar-refractivity contribution in [3.63, 3.8) is 0 Å². The van der Waals surface area contributed by atoms with Crippen LogP contribution in [0, 0.1) is 0 Å². The predicted molar refractivity (Wildman–Crippen MR) is 133 cm³/mol. The molecule has 0 N–H and O–H groups in total. The van der Waals surface area contributed by atoms with Crippen LogP contribution in [0.1, 0.15) is 113 Å². The van der Waals surface area contributed by atoms with Gasteiger partial charge in [0.05, 0.1) is 0 Å². The standard InChI is InChI=1S/C16H32O.C13H10O/c1-2-3-4-5-6-7-8-9-10-11-12-13-14-15-16-17;14-13(11-7-3-1-4-8-11)12-9-5-2-6-10-12/h16H,2-15H2,1H3;1-10H. The molecule has 0 atom stereocenters. The molecule has 2 aromatic rings. The van der Waals surface area contributed by atoms with Gasteiger partial charge in [-0.15, -0.1) is 0 Å². The van der Waals surface area contributed by atoms with Crippen molar-refractivity contribution in [1.82, 2.24) is 0 Å². The quantitative estimate of drug-likeness (QED) is 0.154. The van der Waals surface area contributed by atoms with Crippen molar-refractivity contribution in [2.75, 3.05) is 0 Å². The van der Waals surface area contributed by atoms with Crippen molar-refractivity contribution in [1.29, 1.82) is 0 Å². The van der Waals surface area contributed by atoms with Crippen LogP contribution in [0.4, 0.5) is 0 Å². The van der Waals surface area contributed by atoms with Gasteiger partial charge in [0.2, 0.25) is 0 Å². The van der Waals surface area contributed by atoms with Gasteiger partial charge >= 0.3 is 0 Å². The Hall–Kier alpha value is -2.22. The lowest BCUT2D eigenvalue weighted by Gasteiger charge is -2.02. The number of unbranched alkanes of at least 4 members (excludes halogenated alkanes) is 13. The molecule has 0 aliphatic heterocycles. The van der Waals surface area contributed by atoms with E-state index in [-0.39, 0.29) is 5.78 Å². The lowest BCUT2D eigenvalue weighted by Crippen LogP contribution is -1.99. The highest BCUT2D eigenvalue weighted by molar-refractivity contribution is 6.08. The van der Waals surface area contributed by atoms with Gasteiger partial charge in [-0.25, -0.2) is 0 Å². The van der Waals surface area contributed by atoms with Gasteiger partial charge in [-0.1, -0.05) is 145 Å². The van der Waals surface area contributed by atoms with Gasteiger partial charge in [0.1, 0.15) is 6.29 Å². The second-order valence-corrected chi connectivity index (χ2v) is 8.26. The molecule has 0 aliphatic carbocycles. The van der Waals surface area contributed by atoms with Crippen LogP contribution in [0.2, 0.25) is 0 Å². The van der Waals surface area contributed by atoms with Gasteiger partial charge in [-0.05, 0) is 6.42 Å². The minimum Gasteiger partial charge on any atom is -0.303 e. The normalized spacial score (nSPS) is 10.2. The Morgan fingerprint density at radius 3 is 1.29 bits per heavy atom. The smallest absolute Gasteiger partial charge is 0.193 e. The molecule has 0 saturated carbocycles. The first kappa shape index (κ1) is 26.8. The largest absolute Gasteiger partial charge is 0.303 e. The van der Waals surface area contributed by atoms with Crippen molar-refractivity contribution in [3.8, 4) is 0 Å². The Morgan fingerprint density at radius 1 is 0.581 bits per heavy atom. The molecule has 0 fully saturated rings. The molecule has 0 saturated heterocycles. The Kier molecular flexibility index (Phi) is 17.1. The molecule has 0 unspecified atom stereocenters. The summed E-state index contributed by atoms with van der Waals surface area (Å²) in [6, 6.07) is 18.6. The zero-order valence-electron chi connectivity index (χ0n) is 19.6. The van der Waals surface area contributed by atoms with E-state index in [0.717, 1.165) is 30.3 Å². The third-order valence-electron chi connectivity index (χ3n) is 5.50. The summed E-state index contributed by atoms with van der Waals surface area (Å²) in [5, 5.41) is 0. The molecule has 0 bridgehead atoms. The monoisotopic (exact) mass is 422 g/mol. The van der Waals surface area contributed by atoms with E-state index in [9.17, 15) is 9.59 Å². The van der Waals surface area contributed by atoms with E-state index < -0.39 is 0 Å². The number of benzene rings is 2. The van der Waals surface area contributed by atoms with Crippen molar-refractivity contribution < 1.29 is 9.59 Å². The highest BCUT2D eigenvalue weighted by Crippen LogP contribution is 2.12. The maximum absolute atomic E-state index is 11.8. The summed E-state index contributed by atoms with van der Waals surface area (Å²) in [5.74, 6) is 0.0752. The van der Waals surface area contributed by atoms with E-state index in [1.807, 2.05) is 60.7 Å². The Bertz CT molecular complexity index is 622. The average Bonchev–Trinajstić information content (AvgIpc) is 2.83. The molecule has 0 aromatic heterocycles. The molecule has 2 heteroatoms. The fourth-order valence-electron chi connectivity index (χ4n) is 3.59. The first-order valence-corrected chi connectivity index (χ1v) is 12.4. The Morgan fingerprint density at radius 2 is 0.935 bits per heavy atom. The molecule has 2 aromatic carbocycles. The van der Waals surface area contributed by atoms with Gasteiger partial charge in [0, 0.05) is 17.5 Å². The summed E-state index contributed by atoms with van der Waals surface area (Å²) in [4.78, 5) is 22.0. The fourth-order valence-corrected chi connectivity index (χ4v) is 3.59. The summed E-state index contributed by atoms with van der Waals surface area (Å²) >= 11 is 0. The van der Waals surface area contributed by atoms with Crippen LogP contribution in [-0.2, 0) is 4.79 Å². The van der Waals surface area contributed by atoms with Gasteiger partial charge in [0.25, 0.3) is 0 Å². The van der Waals surface area contributed by atoms with Crippen LogP contribution in [0.15, 0.2) is 60.7 Å². The van der Waals surface area contributed by atoms with E-state index >= 15 is 0 Å². The van der Waals surface area contributed by atoms with Crippen molar-refractivity contribution in [2.45, 2.75) is 96.8 Å². The third kappa shape index (κ3) is 14.4. The average molecular weight is 423 g/mol. The van der Waals surface area contributed by atoms with Gasteiger partial charge in [-0.2, -0.15) is 0 Å². The number of hydrogen-bond acceptors (Lipinski definition) is 2. The van der Waals surface area contributed by atoms with Crippen LogP contribution in [0.25, 0.3) is 0 Å². The predicted octanol–water partition coefficient (Wildman–Crippen LogP) is 8.58. The lowest BCUT2D eigenvalue weighted by molar-refractivity contribution is -0.107. The van der Waals surface area contributed by atoms with Crippen LogP contribution in [0.3, 0.4) is 0 Å². The summed E-state index contributed by atoms with van der Waals surface area (Å²) in [7, 11) is 0. The van der Waals surface area contributed by atoms with Crippen LogP contribution < -0.4 is 0 Å². The Labute approximate surface area is 190 Å². The molecular weight excluding hydrogens is 380 g/mol. The molecule has 0 spiro atoms. The number of aldehydes is 1. The Balaban J connectivity index is 0.000000314. The maximum atomic E-state index is 11.8. The lowest BCUT2D eigenvalue weighted by atomic mass is 10.0. The topological polar surface area (TPSA) is 34.1 Å². The molecule has 0 amide bonds. The van der Waals surface area contributed by atoms with Crippen LogP contribution >= 0.6 is 0 Å². The second-order valence-electron chi connectivity index (χ2n) is 8.26. The van der Waals surface area contributed by atoms with Crippen molar-refractivity contribution in [3.05, 3.63) is 71.8 Å². The molecule has 31 heavy (non-hydrogen) atoms. The third-order valence-corrected chi connectivity index (χ3v) is 5.50. The number of hydrogen-bond donors (Lipinski definition) is 0. The molecule has 170 valence electrons. The van der Waals surface area contributed by atoms with E-state index in [1.54, 1.807) is 0 Å². The number of rotatable bonds is 16. The maximum Gasteiger partial charge on any atom is 0.193 e. The summed E-state index contributed by atoms with van der Waals surface area (Å²) in [6.07, 6.45) is 19.6. The van der Waals surface area contributed by atoms with E-state index in [0.29, 0.717) is 0 Å². The second kappa shape index (κ2) is 19.7. The molecular formula is C29H42O2. The highest BCUT2D eigenvalue weighted by atomic mass is 16.1.